The molecule has 1 N–H and O–H groups in total. The van der Waals surface area contributed by atoms with Crippen LogP contribution in [0, 0.1) is 0 Å². The summed E-state index contributed by atoms with van der Waals surface area (Å²) in [4.78, 5) is 26.8. The third-order valence-electron chi connectivity index (χ3n) is 8.95. The normalized spacial score (nSPS) is 12.1. The number of aliphatic hydroxyl groups is 1. The first-order valence-corrected chi connectivity index (χ1v) is 19.8. The lowest BCUT2D eigenvalue weighted by atomic mass is 10.0. The average Bonchev–Trinajstić information content (AvgIpc) is 3.03. The Hall–Kier alpha value is -1.14. The summed E-state index contributed by atoms with van der Waals surface area (Å²) >= 11 is 0. The molecule has 1 unspecified atom stereocenters. The van der Waals surface area contributed by atoms with Crippen molar-refractivity contribution in [3.05, 3.63) is 0 Å². The summed E-state index contributed by atoms with van der Waals surface area (Å²) in [6, 6.07) is 0. The van der Waals surface area contributed by atoms with Crippen LogP contribution in [0.1, 0.15) is 201 Å². The van der Waals surface area contributed by atoms with E-state index in [1.165, 1.54) is 83.5 Å². The molecule has 0 aliphatic heterocycles. The standard InChI is InChI=1S/C39H77NO5/c1-4-7-10-12-14-17-22-29-37(28-21-16-13-11-8-5-2)45-39(43)31-23-18-15-19-25-32-40(34-35-41)33-26-20-24-30-38(42)44-36-27-9-6-3/h37,41H,4-36H2,1-3H3. The van der Waals surface area contributed by atoms with E-state index in [0.717, 1.165) is 96.6 Å². The molecule has 6 heteroatoms. The highest BCUT2D eigenvalue weighted by atomic mass is 16.5. The Morgan fingerprint density at radius 3 is 1.47 bits per heavy atom. The maximum absolute atomic E-state index is 12.7. The van der Waals surface area contributed by atoms with Gasteiger partial charge < -0.3 is 19.5 Å². The second-order valence-corrected chi connectivity index (χ2v) is 13.4. The van der Waals surface area contributed by atoms with E-state index in [1.807, 2.05) is 0 Å². The van der Waals surface area contributed by atoms with Gasteiger partial charge in [-0.15, -0.1) is 0 Å². The topological polar surface area (TPSA) is 76.1 Å². The summed E-state index contributed by atoms with van der Waals surface area (Å²) in [7, 11) is 0. The number of aliphatic hydroxyl groups excluding tert-OH is 1. The Bertz CT molecular complexity index is 629. The number of unbranched alkanes of at least 4 members (excludes halogenated alkanes) is 19. The minimum Gasteiger partial charge on any atom is -0.466 e. The molecule has 0 radical (unpaired) electrons. The van der Waals surface area contributed by atoms with Gasteiger partial charge in [0.2, 0.25) is 0 Å². The highest BCUT2D eigenvalue weighted by Gasteiger charge is 2.14. The SMILES string of the molecule is CCCCCCCCCC(CCCCCCCC)OC(=O)CCCCCCCN(CCO)CCCCCC(=O)OCCCCC. The predicted molar refractivity (Wildman–Crippen MR) is 191 cm³/mol. The number of rotatable bonds is 36. The first kappa shape index (κ1) is 43.9. The van der Waals surface area contributed by atoms with Crippen molar-refractivity contribution in [2.75, 3.05) is 32.8 Å². The van der Waals surface area contributed by atoms with Crippen molar-refractivity contribution in [1.82, 2.24) is 4.90 Å². The van der Waals surface area contributed by atoms with E-state index in [4.69, 9.17) is 9.47 Å². The van der Waals surface area contributed by atoms with Gasteiger partial charge in [-0.3, -0.25) is 9.59 Å². The van der Waals surface area contributed by atoms with Crippen molar-refractivity contribution >= 4 is 11.9 Å². The molecule has 0 fully saturated rings. The molecule has 0 rings (SSSR count). The van der Waals surface area contributed by atoms with Crippen LogP contribution in [0.3, 0.4) is 0 Å². The molecule has 0 aromatic carbocycles. The van der Waals surface area contributed by atoms with Crippen LogP contribution in [-0.4, -0.2) is 60.9 Å². The molecule has 268 valence electrons. The van der Waals surface area contributed by atoms with Gasteiger partial charge in [0, 0.05) is 19.4 Å². The molecule has 0 bridgehead atoms. The fourth-order valence-corrected chi connectivity index (χ4v) is 5.99. The third-order valence-corrected chi connectivity index (χ3v) is 8.95. The lowest BCUT2D eigenvalue weighted by Gasteiger charge is -2.21. The second kappa shape index (κ2) is 35.7. The largest absolute Gasteiger partial charge is 0.466 e. The van der Waals surface area contributed by atoms with Crippen LogP contribution in [0.15, 0.2) is 0 Å². The Morgan fingerprint density at radius 2 is 0.933 bits per heavy atom. The van der Waals surface area contributed by atoms with E-state index in [-0.39, 0.29) is 24.6 Å². The van der Waals surface area contributed by atoms with Crippen LogP contribution in [-0.2, 0) is 19.1 Å². The van der Waals surface area contributed by atoms with Crippen LogP contribution < -0.4 is 0 Å². The molecular weight excluding hydrogens is 562 g/mol. The highest BCUT2D eigenvalue weighted by Crippen LogP contribution is 2.18. The van der Waals surface area contributed by atoms with Crippen molar-refractivity contribution in [2.45, 2.75) is 207 Å². The van der Waals surface area contributed by atoms with Gasteiger partial charge in [0.25, 0.3) is 0 Å². The monoisotopic (exact) mass is 640 g/mol. The number of nitrogens with zero attached hydrogens (tertiary/aromatic N) is 1. The number of esters is 2. The lowest BCUT2D eigenvalue weighted by Crippen LogP contribution is -2.29. The maximum atomic E-state index is 12.7. The van der Waals surface area contributed by atoms with Crippen molar-refractivity contribution < 1.29 is 24.2 Å². The summed E-state index contributed by atoms with van der Waals surface area (Å²) in [6.45, 7) is 10.1. The van der Waals surface area contributed by atoms with E-state index < -0.39 is 0 Å². The molecule has 0 spiro atoms. The summed E-state index contributed by atoms with van der Waals surface area (Å²) in [5.74, 6) is -0.0594. The molecule has 6 nitrogen and oxygen atoms in total. The van der Waals surface area contributed by atoms with Gasteiger partial charge in [-0.2, -0.15) is 0 Å². The smallest absolute Gasteiger partial charge is 0.306 e. The van der Waals surface area contributed by atoms with E-state index in [0.29, 0.717) is 26.0 Å². The molecule has 0 aliphatic carbocycles. The summed E-state index contributed by atoms with van der Waals surface area (Å²) in [6.07, 6.45) is 31.6. The van der Waals surface area contributed by atoms with Crippen molar-refractivity contribution in [3.63, 3.8) is 0 Å². The Balaban J connectivity index is 4.07. The second-order valence-electron chi connectivity index (χ2n) is 13.4. The average molecular weight is 640 g/mol. The summed E-state index contributed by atoms with van der Waals surface area (Å²) in [5.41, 5.74) is 0. The summed E-state index contributed by atoms with van der Waals surface area (Å²) in [5, 5.41) is 9.46. The maximum Gasteiger partial charge on any atom is 0.306 e. The third kappa shape index (κ3) is 32.6. The Labute approximate surface area is 280 Å². The fourth-order valence-electron chi connectivity index (χ4n) is 5.99. The molecular formula is C39H77NO5. The molecule has 0 aromatic heterocycles. The number of ether oxygens (including phenoxy) is 2. The zero-order chi connectivity index (χ0) is 33.1. The molecule has 45 heavy (non-hydrogen) atoms. The number of carbonyl (C=O) groups is 2. The quantitative estimate of drug-likeness (QED) is 0.0543. The first-order valence-electron chi connectivity index (χ1n) is 19.8. The Kier molecular flexibility index (Phi) is 34.8. The van der Waals surface area contributed by atoms with Crippen molar-refractivity contribution in [2.24, 2.45) is 0 Å². The van der Waals surface area contributed by atoms with Crippen LogP contribution >= 0.6 is 0 Å². The highest BCUT2D eigenvalue weighted by molar-refractivity contribution is 5.69. The molecule has 0 saturated carbocycles. The van der Waals surface area contributed by atoms with E-state index in [1.54, 1.807) is 0 Å². The van der Waals surface area contributed by atoms with Crippen LogP contribution in [0.25, 0.3) is 0 Å². The van der Waals surface area contributed by atoms with Crippen LogP contribution in [0.2, 0.25) is 0 Å². The number of hydrogen-bond donors (Lipinski definition) is 1. The van der Waals surface area contributed by atoms with Gasteiger partial charge in [0.05, 0.1) is 13.2 Å². The molecule has 0 saturated heterocycles. The summed E-state index contributed by atoms with van der Waals surface area (Å²) < 4.78 is 11.3. The minimum atomic E-state index is -0.0666. The van der Waals surface area contributed by atoms with E-state index in [9.17, 15) is 14.7 Å². The zero-order valence-electron chi connectivity index (χ0n) is 30.4. The van der Waals surface area contributed by atoms with Crippen LogP contribution in [0.5, 0.6) is 0 Å². The molecule has 0 aromatic rings. The van der Waals surface area contributed by atoms with Crippen LogP contribution in [0.4, 0.5) is 0 Å². The fraction of sp³-hybridized carbons (Fsp3) is 0.949. The van der Waals surface area contributed by atoms with Crippen molar-refractivity contribution in [3.8, 4) is 0 Å². The Morgan fingerprint density at radius 1 is 0.511 bits per heavy atom. The van der Waals surface area contributed by atoms with Gasteiger partial charge in [0.15, 0.2) is 0 Å². The van der Waals surface area contributed by atoms with Crippen molar-refractivity contribution in [1.29, 1.82) is 0 Å². The first-order chi connectivity index (χ1) is 22.1. The predicted octanol–water partition coefficient (Wildman–Crippen LogP) is 10.7. The minimum absolute atomic E-state index is 0.00723. The van der Waals surface area contributed by atoms with E-state index >= 15 is 0 Å². The molecule has 0 heterocycles. The van der Waals surface area contributed by atoms with E-state index in [2.05, 4.69) is 25.7 Å². The lowest BCUT2D eigenvalue weighted by molar-refractivity contribution is -0.150. The number of carbonyl (C=O) groups excluding carboxylic acids is 2. The van der Waals surface area contributed by atoms with Gasteiger partial charge >= 0.3 is 11.9 Å². The van der Waals surface area contributed by atoms with Gasteiger partial charge in [-0.05, 0) is 70.9 Å². The number of hydrogen-bond acceptors (Lipinski definition) is 6. The van der Waals surface area contributed by atoms with Gasteiger partial charge in [-0.25, -0.2) is 0 Å². The van der Waals surface area contributed by atoms with Gasteiger partial charge in [0.1, 0.15) is 6.10 Å². The molecule has 0 aliphatic rings. The van der Waals surface area contributed by atoms with Gasteiger partial charge in [-0.1, -0.05) is 130 Å². The molecule has 1 atom stereocenters. The zero-order valence-corrected chi connectivity index (χ0v) is 30.4. The molecule has 0 amide bonds.